The Hall–Kier alpha value is -0.630. The summed E-state index contributed by atoms with van der Waals surface area (Å²) in [5.41, 5.74) is 2.50. The molecule has 2 aromatic carbocycles. The van der Waals surface area contributed by atoms with Gasteiger partial charge in [0.05, 0.1) is 13.2 Å². The van der Waals surface area contributed by atoms with Crippen LogP contribution in [0.4, 0.5) is 0 Å². The summed E-state index contributed by atoms with van der Waals surface area (Å²) in [5.74, 6) is 0. The van der Waals surface area contributed by atoms with Crippen LogP contribution in [-0.2, 0) is 34.1 Å². The van der Waals surface area contributed by atoms with Gasteiger partial charge in [-0.3, -0.25) is 0 Å². The Bertz CT molecular complexity index is 906. The van der Waals surface area contributed by atoms with E-state index in [9.17, 15) is 0 Å². The summed E-state index contributed by atoms with van der Waals surface area (Å²) in [6.07, 6.45) is 22.5. The van der Waals surface area contributed by atoms with Crippen molar-refractivity contribution < 1.29 is 39.7 Å². The van der Waals surface area contributed by atoms with Crippen molar-refractivity contribution in [1.82, 2.24) is 0 Å². The maximum Gasteiger partial charge on any atom is 1.00 e. The van der Waals surface area contributed by atoms with Crippen molar-refractivity contribution in [2.75, 3.05) is 19.8 Å². The van der Waals surface area contributed by atoms with E-state index in [1.54, 1.807) is 0 Å². The van der Waals surface area contributed by atoms with Crippen LogP contribution in [0.3, 0.4) is 0 Å². The summed E-state index contributed by atoms with van der Waals surface area (Å²) in [7, 11) is 0. The van der Waals surface area contributed by atoms with Crippen molar-refractivity contribution in [1.29, 1.82) is 0 Å². The van der Waals surface area contributed by atoms with Gasteiger partial charge in [0.2, 0.25) is 0 Å². The van der Waals surface area contributed by atoms with E-state index in [1.165, 1.54) is 94.6 Å². The summed E-state index contributed by atoms with van der Waals surface area (Å²) in [5, 5.41) is 0. The Morgan fingerprint density at radius 3 is 1.38 bits per heavy atom. The van der Waals surface area contributed by atoms with Crippen molar-refractivity contribution in [3.8, 4) is 0 Å². The third kappa shape index (κ3) is 20.4. The molecule has 0 N–H and O–H groups in total. The first kappa shape index (κ1) is 40.5. The minimum absolute atomic E-state index is 0. The SMILES string of the molecule is CCCCCCCC[O][Al-]1[O][C@@H](CCCCCCCCOCc2ccccc2)[C@@H](CCCCCCOCc2ccccc2)[O]1.[Li+]. The molecule has 0 bridgehead atoms. The zero-order valence-electron chi connectivity index (χ0n) is 28.8. The van der Waals surface area contributed by atoms with Crippen molar-refractivity contribution in [2.45, 2.75) is 148 Å². The fourth-order valence-electron chi connectivity index (χ4n) is 5.83. The summed E-state index contributed by atoms with van der Waals surface area (Å²) in [4.78, 5) is 0. The van der Waals surface area contributed by atoms with E-state index >= 15 is 0 Å². The average Bonchev–Trinajstić information content (AvgIpc) is 3.45. The number of unbranched alkanes of at least 4 members (excludes halogenated alkanes) is 13. The molecule has 0 spiro atoms. The maximum absolute atomic E-state index is 6.44. The Morgan fingerprint density at radius 2 is 0.911 bits per heavy atom. The van der Waals surface area contributed by atoms with Gasteiger partial charge in [-0.2, -0.15) is 0 Å². The molecular formula is C38H61AlLiO5. The van der Waals surface area contributed by atoms with Crippen molar-refractivity contribution in [2.24, 2.45) is 0 Å². The molecule has 7 heteroatoms. The molecule has 1 aliphatic rings. The van der Waals surface area contributed by atoms with Crippen LogP contribution >= 0.6 is 0 Å². The van der Waals surface area contributed by atoms with E-state index in [4.69, 9.17) is 20.8 Å². The van der Waals surface area contributed by atoms with Gasteiger partial charge in [-0.1, -0.05) is 151 Å². The van der Waals surface area contributed by atoms with Crippen LogP contribution in [0.15, 0.2) is 60.7 Å². The van der Waals surface area contributed by atoms with Crippen LogP contribution < -0.4 is 18.9 Å². The smallest absolute Gasteiger partial charge is 0.634 e. The molecule has 0 unspecified atom stereocenters. The van der Waals surface area contributed by atoms with Gasteiger partial charge in [0, 0.05) is 25.4 Å². The standard InChI is InChI=1S/C30H44O4.C8H17O.Al.Li/c31-29(21-13-3-1-2-5-15-23-33-25-27-17-9-7-10-18-27)30(32)22-14-4-6-16-24-34-26-28-19-11-8-12-20-28;1-2-3-4-5-6-7-8-9;;/h7-12,17-20,29-30H,1-6,13-16,21-26H2;2-8H2,1H3;;/q-2;-1;+2;+1/t29-,30+;;;/m0.../s1. The van der Waals surface area contributed by atoms with E-state index in [1.807, 2.05) is 12.1 Å². The summed E-state index contributed by atoms with van der Waals surface area (Å²) >= 11 is -2.00. The van der Waals surface area contributed by atoms with E-state index in [0.29, 0.717) is 6.61 Å². The normalized spacial score (nSPS) is 16.6. The minimum Gasteiger partial charge on any atom is -0.634 e. The first-order chi connectivity index (χ1) is 21.8. The number of benzene rings is 2. The summed E-state index contributed by atoms with van der Waals surface area (Å²) in [6.45, 7) is 6.19. The fraction of sp³-hybridized carbons (Fsp3) is 0.684. The Balaban J connectivity index is 0.00000705. The zero-order chi connectivity index (χ0) is 30.8. The number of hydrogen-bond acceptors (Lipinski definition) is 5. The third-order valence-corrected chi connectivity index (χ3v) is 10.2. The monoisotopic (exact) mass is 631 g/mol. The van der Waals surface area contributed by atoms with Gasteiger partial charge in [-0.05, 0) is 49.8 Å². The van der Waals surface area contributed by atoms with Gasteiger partial charge in [0.15, 0.2) is 0 Å². The van der Waals surface area contributed by atoms with Gasteiger partial charge in [-0.25, -0.2) is 0 Å². The molecule has 45 heavy (non-hydrogen) atoms. The summed E-state index contributed by atoms with van der Waals surface area (Å²) in [6, 6.07) is 20.9. The molecule has 0 saturated carbocycles. The number of rotatable bonds is 28. The van der Waals surface area contributed by atoms with Gasteiger partial charge in [0.25, 0.3) is 0 Å². The van der Waals surface area contributed by atoms with Gasteiger partial charge < -0.3 is 20.8 Å². The molecular weight excluding hydrogens is 570 g/mol. The first-order valence-electron chi connectivity index (χ1n) is 18.0. The molecule has 0 aliphatic carbocycles. The Kier molecular flexibility index (Phi) is 25.6. The second kappa shape index (κ2) is 28.4. The molecule has 1 radical (unpaired) electrons. The van der Waals surface area contributed by atoms with E-state index < -0.39 is 15.1 Å². The first-order valence-corrected chi connectivity index (χ1v) is 19.4. The molecule has 2 aromatic rings. The van der Waals surface area contributed by atoms with Crippen molar-refractivity contribution >= 4 is 15.1 Å². The van der Waals surface area contributed by atoms with Crippen LogP contribution in [0.1, 0.15) is 134 Å². The minimum atomic E-state index is -2.00. The van der Waals surface area contributed by atoms with Gasteiger partial charge in [-0.15, -0.1) is 0 Å². The Morgan fingerprint density at radius 1 is 0.511 bits per heavy atom. The quantitative estimate of drug-likeness (QED) is 0.0732. The van der Waals surface area contributed by atoms with Gasteiger partial charge in [0.1, 0.15) is 0 Å². The largest absolute Gasteiger partial charge is 1.00 e. The number of hydrogen-bond donors (Lipinski definition) is 0. The predicted molar refractivity (Wildman–Crippen MR) is 182 cm³/mol. The van der Waals surface area contributed by atoms with Crippen molar-refractivity contribution in [3.05, 3.63) is 71.8 Å². The zero-order valence-corrected chi connectivity index (χ0v) is 30.0. The van der Waals surface area contributed by atoms with Crippen molar-refractivity contribution in [3.63, 3.8) is 0 Å². The molecule has 2 atom stereocenters. The Labute approximate surface area is 293 Å². The fourth-order valence-corrected chi connectivity index (χ4v) is 7.60. The van der Waals surface area contributed by atoms with Crippen LogP contribution in [-0.4, -0.2) is 47.2 Å². The molecule has 5 nitrogen and oxygen atoms in total. The van der Waals surface area contributed by atoms with Gasteiger partial charge >= 0.3 is 34.0 Å². The maximum atomic E-state index is 6.44. The molecule has 1 saturated heterocycles. The molecule has 1 heterocycles. The second-order valence-corrected chi connectivity index (χ2v) is 13.9. The van der Waals surface area contributed by atoms with Crippen LogP contribution in [0.2, 0.25) is 0 Å². The molecule has 0 aromatic heterocycles. The van der Waals surface area contributed by atoms with E-state index in [0.717, 1.165) is 58.5 Å². The topological polar surface area (TPSA) is 46.2 Å². The van der Waals surface area contributed by atoms with Crippen LogP contribution in [0.25, 0.3) is 0 Å². The second-order valence-electron chi connectivity index (χ2n) is 12.5. The van der Waals surface area contributed by atoms with Crippen LogP contribution in [0, 0.1) is 0 Å². The molecule has 247 valence electrons. The molecule has 3 rings (SSSR count). The van der Waals surface area contributed by atoms with E-state index in [-0.39, 0.29) is 31.1 Å². The predicted octanol–water partition coefficient (Wildman–Crippen LogP) is 7.25. The van der Waals surface area contributed by atoms with Crippen LogP contribution in [0.5, 0.6) is 0 Å². The molecule has 1 aliphatic heterocycles. The average molecular weight is 632 g/mol. The molecule has 1 fully saturated rings. The third-order valence-electron chi connectivity index (χ3n) is 8.52. The summed E-state index contributed by atoms with van der Waals surface area (Å²) < 4.78 is 30.7. The molecule has 0 amide bonds. The number of ether oxygens (including phenoxy) is 2. The van der Waals surface area contributed by atoms with E-state index in [2.05, 4.69) is 55.5 Å².